The van der Waals surface area contributed by atoms with Gasteiger partial charge in [-0.1, -0.05) is 103 Å². The van der Waals surface area contributed by atoms with Crippen molar-refractivity contribution >= 4 is 0 Å². The first-order valence-corrected chi connectivity index (χ1v) is 8.68. The maximum Gasteiger partial charge on any atom is -0.00196 e. The largest absolute Gasteiger partial charge is 0.0622 e. The van der Waals surface area contributed by atoms with Gasteiger partial charge in [0.15, 0.2) is 0 Å². The summed E-state index contributed by atoms with van der Waals surface area (Å²) in [6, 6.07) is 38.8. The summed E-state index contributed by atoms with van der Waals surface area (Å²) >= 11 is 0. The second-order valence-electron chi connectivity index (χ2n) is 6.27. The number of hydrogen-bond acceptors (Lipinski definition) is 0. The van der Waals surface area contributed by atoms with Gasteiger partial charge in [-0.3, -0.25) is 0 Å². The highest BCUT2D eigenvalue weighted by Crippen LogP contribution is 2.31. The van der Waals surface area contributed by atoms with E-state index >= 15 is 0 Å². The molecule has 4 aromatic carbocycles. The Morgan fingerprint density at radius 3 is 1.64 bits per heavy atom. The lowest BCUT2D eigenvalue weighted by atomic mass is 9.91. The average Bonchev–Trinajstić information content (AvgIpc) is 2.70. The van der Waals surface area contributed by atoms with Gasteiger partial charge in [0, 0.05) is 0 Å². The van der Waals surface area contributed by atoms with Crippen molar-refractivity contribution in [2.45, 2.75) is 6.42 Å². The standard InChI is InChI=1S/C25H20/c1-4-10-20(11-5-1)18-24-17-16-23(21-12-6-2-7-13-21)19-25(24)22-14-8-3-9-15-22/h1-17,19H,18H2. The van der Waals surface area contributed by atoms with Crippen molar-refractivity contribution in [3.05, 3.63) is 120 Å². The van der Waals surface area contributed by atoms with E-state index in [1.807, 2.05) is 0 Å². The first-order valence-electron chi connectivity index (χ1n) is 8.68. The molecule has 0 aromatic heterocycles. The van der Waals surface area contributed by atoms with Crippen molar-refractivity contribution in [1.29, 1.82) is 0 Å². The summed E-state index contributed by atoms with van der Waals surface area (Å²) in [7, 11) is 0. The van der Waals surface area contributed by atoms with Crippen LogP contribution in [0, 0.1) is 0 Å². The number of rotatable bonds is 4. The minimum atomic E-state index is 0.945. The highest BCUT2D eigenvalue weighted by molar-refractivity contribution is 5.76. The first kappa shape index (κ1) is 15.4. The molecule has 0 unspecified atom stereocenters. The molecule has 0 bridgehead atoms. The van der Waals surface area contributed by atoms with Gasteiger partial charge in [-0.2, -0.15) is 0 Å². The topological polar surface area (TPSA) is 0 Å². The third kappa shape index (κ3) is 3.54. The molecule has 0 fully saturated rings. The molecule has 0 heterocycles. The third-order valence-electron chi connectivity index (χ3n) is 4.54. The van der Waals surface area contributed by atoms with Gasteiger partial charge in [0.1, 0.15) is 0 Å². The Kier molecular flexibility index (Phi) is 4.43. The highest BCUT2D eigenvalue weighted by atomic mass is 14.1. The van der Waals surface area contributed by atoms with Crippen LogP contribution < -0.4 is 0 Å². The minimum absolute atomic E-state index is 0.945. The Morgan fingerprint density at radius 2 is 1.00 bits per heavy atom. The second-order valence-corrected chi connectivity index (χ2v) is 6.27. The van der Waals surface area contributed by atoms with Crippen LogP contribution in [0.2, 0.25) is 0 Å². The van der Waals surface area contributed by atoms with Crippen LogP contribution in [-0.2, 0) is 6.42 Å². The monoisotopic (exact) mass is 320 g/mol. The van der Waals surface area contributed by atoms with Crippen LogP contribution in [0.4, 0.5) is 0 Å². The molecule has 0 spiro atoms. The zero-order valence-electron chi connectivity index (χ0n) is 14.1. The van der Waals surface area contributed by atoms with Gasteiger partial charge in [-0.25, -0.2) is 0 Å². The van der Waals surface area contributed by atoms with Crippen LogP contribution in [0.3, 0.4) is 0 Å². The zero-order valence-corrected chi connectivity index (χ0v) is 14.1. The Morgan fingerprint density at radius 1 is 0.440 bits per heavy atom. The van der Waals surface area contributed by atoms with Crippen molar-refractivity contribution in [1.82, 2.24) is 0 Å². The summed E-state index contributed by atoms with van der Waals surface area (Å²) in [4.78, 5) is 0. The molecule has 0 saturated carbocycles. The van der Waals surface area contributed by atoms with Crippen LogP contribution in [0.1, 0.15) is 11.1 Å². The van der Waals surface area contributed by atoms with Crippen molar-refractivity contribution < 1.29 is 0 Å². The van der Waals surface area contributed by atoms with Crippen molar-refractivity contribution in [2.24, 2.45) is 0 Å². The molecule has 120 valence electrons. The Balaban J connectivity index is 1.81. The van der Waals surface area contributed by atoms with E-state index in [0.29, 0.717) is 0 Å². The Hall–Kier alpha value is -3.12. The molecule has 0 aliphatic heterocycles. The fraction of sp³-hybridized carbons (Fsp3) is 0.0400. The Bertz CT molecular complexity index is 939. The SMILES string of the molecule is c1ccc(Cc2ccc(-c3ccccc3)cc2-c2ccccc2)cc1. The number of hydrogen-bond donors (Lipinski definition) is 0. The first-order chi connectivity index (χ1) is 12.4. The van der Waals surface area contributed by atoms with Crippen LogP contribution in [0.25, 0.3) is 22.3 Å². The van der Waals surface area contributed by atoms with Gasteiger partial charge in [0.05, 0.1) is 0 Å². The predicted octanol–water partition coefficient (Wildman–Crippen LogP) is 6.61. The molecule has 4 aromatic rings. The minimum Gasteiger partial charge on any atom is -0.0622 e. The fourth-order valence-electron chi connectivity index (χ4n) is 3.24. The van der Waals surface area contributed by atoms with E-state index in [2.05, 4.69) is 109 Å². The van der Waals surface area contributed by atoms with Gasteiger partial charge < -0.3 is 0 Å². The predicted molar refractivity (Wildman–Crippen MR) is 107 cm³/mol. The van der Waals surface area contributed by atoms with Crippen LogP contribution in [-0.4, -0.2) is 0 Å². The molecule has 0 aliphatic rings. The van der Waals surface area contributed by atoms with E-state index in [1.165, 1.54) is 33.4 Å². The summed E-state index contributed by atoms with van der Waals surface area (Å²) in [5, 5.41) is 0. The molecule has 0 nitrogen and oxygen atoms in total. The van der Waals surface area contributed by atoms with Gasteiger partial charge in [-0.15, -0.1) is 0 Å². The third-order valence-corrected chi connectivity index (χ3v) is 4.54. The molecular formula is C25H20. The normalized spacial score (nSPS) is 10.6. The van der Waals surface area contributed by atoms with E-state index in [9.17, 15) is 0 Å². The maximum atomic E-state index is 2.32. The van der Waals surface area contributed by atoms with E-state index in [4.69, 9.17) is 0 Å². The smallest absolute Gasteiger partial charge is 0.00196 e. The summed E-state index contributed by atoms with van der Waals surface area (Å²) in [6.07, 6.45) is 0.945. The molecule has 0 saturated heterocycles. The molecule has 4 rings (SSSR count). The van der Waals surface area contributed by atoms with Crippen molar-refractivity contribution in [3.63, 3.8) is 0 Å². The summed E-state index contributed by atoms with van der Waals surface area (Å²) in [6.45, 7) is 0. The van der Waals surface area contributed by atoms with E-state index in [-0.39, 0.29) is 0 Å². The van der Waals surface area contributed by atoms with E-state index in [1.54, 1.807) is 0 Å². The summed E-state index contributed by atoms with van der Waals surface area (Å²) < 4.78 is 0. The lowest BCUT2D eigenvalue weighted by Crippen LogP contribution is -1.93. The van der Waals surface area contributed by atoms with Crippen LogP contribution in [0.5, 0.6) is 0 Å². The zero-order chi connectivity index (χ0) is 16.9. The highest BCUT2D eigenvalue weighted by Gasteiger charge is 2.08. The molecule has 0 N–H and O–H groups in total. The summed E-state index contributed by atoms with van der Waals surface area (Å²) in [5.41, 5.74) is 7.79. The van der Waals surface area contributed by atoms with Gasteiger partial charge >= 0.3 is 0 Å². The maximum absolute atomic E-state index is 2.32. The van der Waals surface area contributed by atoms with Crippen molar-refractivity contribution in [2.75, 3.05) is 0 Å². The van der Waals surface area contributed by atoms with Gasteiger partial charge in [0.2, 0.25) is 0 Å². The molecule has 25 heavy (non-hydrogen) atoms. The molecule has 0 radical (unpaired) electrons. The second kappa shape index (κ2) is 7.19. The molecule has 0 atom stereocenters. The van der Waals surface area contributed by atoms with Crippen LogP contribution in [0.15, 0.2) is 109 Å². The summed E-state index contributed by atoms with van der Waals surface area (Å²) in [5.74, 6) is 0. The molecule has 0 aliphatic carbocycles. The van der Waals surface area contributed by atoms with Crippen molar-refractivity contribution in [3.8, 4) is 22.3 Å². The quantitative estimate of drug-likeness (QED) is 0.397. The van der Waals surface area contributed by atoms with E-state index in [0.717, 1.165) is 6.42 Å². The molecule has 0 heteroatoms. The van der Waals surface area contributed by atoms with E-state index < -0.39 is 0 Å². The van der Waals surface area contributed by atoms with Crippen LogP contribution >= 0.6 is 0 Å². The average molecular weight is 320 g/mol. The fourth-order valence-corrected chi connectivity index (χ4v) is 3.24. The molecule has 0 amide bonds. The Labute approximate surface area is 149 Å². The lowest BCUT2D eigenvalue weighted by Gasteiger charge is -2.13. The van der Waals surface area contributed by atoms with Gasteiger partial charge in [0.25, 0.3) is 0 Å². The molecular weight excluding hydrogens is 300 g/mol. The van der Waals surface area contributed by atoms with Gasteiger partial charge in [-0.05, 0) is 45.9 Å². The lowest BCUT2D eigenvalue weighted by molar-refractivity contribution is 1.20. The number of benzene rings is 4.